The number of nitro benzene ring substituents is 2. The van der Waals surface area contributed by atoms with Crippen molar-refractivity contribution in [3.05, 3.63) is 67.2 Å². The van der Waals surface area contributed by atoms with Crippen LogP contribution in [-0.2, 0) is 4.79 Å². The lowest BCUT2D eigenvalue weighted by Gasteiger charge is -2.08. The number of benzene rings is 2. The van der Waals surface area contributed by atoms with E-state index in [1.165, 1.54) is 42.5 Å². The summed E-state index contributed by atoms with van der Waals surface area (Å²) >= 11 is 3.13. The number of anilines is 1. The molecule has 2 aromatic rings. The number of hydrogen-bond acceptors (Lipinski definition) is 6. The van der Waals surface area contributed by atoms with Crippen molar-refractivity contribution in [1.29, 1.82) is 0 Å². The van der Waals surface area contributed by atoms with Gasteiger partial charge in [0.25, 0.3) is 17.3 Å². The number of hydrogen-bond donors (Lipinski definition) is 1. The molecular weight excluding hydrogens is 386 g/mol. The van der Waals surface area contributed by atoms with Gasteiger partial charge in [0, 0.05) is 22.7 Å². The van der Waals surface area contributed by atoms with E-state index in [0.29, 0.717) is 10.2 Å². The summed E-state index contributed by atoms with van der Waals surface area (Å²) in [6, 6.07) is 9.34. The molecule has 0 aliphatic heterocycles. The third-order valence-corrected chi connectivity index (χ3v) is 3.49. The average Bonchev–Trinajstić information content (AvgIpc) is 2.55. The number of non-ortho nitro benzene ring substituents is 2. The van der Waals surface area contributed by atoms with Crippen LogP contribution in [0, 0.1) is 20.2 Å². The van der Waals surface area contributed by atoms with E-state index in [4.69, 9.17) is 4.74 Å². The van der Waals surface area contributed by atoms with Gasteiger partial charge in [-0.1, -0.05) is 6.07 Å². The summed E-state index contributed by atoms with van der Waals surface area (Å²) in [5.41, 5.74) is 0.0759. The Balaban J connectivity index is 1.97. The molecule has 0 heterocycles. The second-order valence-electron chi connectivity index (χ2n) is 4.51. The summed E-state index contributed by atoms with van der Waals surface area (Å²) in [4.78, 5) is 32.0. The van der Waals surface area contributed by atoms with Crippen LogP contribution in [0.3, 0.4) is 0 Å². The van der Waals surface area contributed by atoms with Crippen LogP contribution in [0.1, 0.15) is 0 Å². The number of nitro groups is 2. The zero-order chi connectivity index (χ0) is 17.7. The van der Waals surface area contributed by atoms with Crippen LogP contribution in [0.15, 0.2) is 46.9 Å². The van der Waals surface area contributed by atoms with Crippen LogP contribution in [0.25, 0.3) is 0 Å². The molecule has 124 valence electrons. The van der Waals surface area contributed by atoms with Gasteiger partial charge in [0.05, 0.1) is 21.6 Å². The predicted molar refractivity (Wildman–Crippen MR) is 88.0 cm³/mol. The minimum atomic E-state index is -0.569. The summed E-state index contributed by atoms with van der Waals surface area (Å²) in [7, 11) is 0. The van der Waals surface area contributed by atoms with Gasteiger partial charge in [0.2, 0.25) is 0 Å². The molecule has 0 bridgehead atoms. The van der Waals surface area contributed by atoms with E-state index in [1.807, 2.05) is 0 Å². The molecule has 1 amide bonds. The number of amides is 1. The molecule has 1 N–H and O–H groups in total. The Labute approximate surface area is 143 Å². The van der Waals surface area contributed by atoms with E-state index in [-0.39, 0.29) is 23.7 Å². The van der Waals surface area contributed by atoms with Crippen molar-refractivity contribution < 1.29 is 19.4 Å². The monoisotopic (exact) mass is 395 g/mol. The van der Waals surface area contributed by atoms with Gasteiger partial charge in [-0.3, -0.25) is 25.0 Å². The summed E-state index contributed by atoms with van der Waals surface area (Å²) < 4.78 is 5.54. The van der Waals surface area contributed by atoms with Gasteiger partial charge >= 0.3 is 0 Å². The summed E-state index contributed by atoms with van der Waals surface area (Å²) in [5, 5.41) is 23.8. The van der Waals surface area contributed by atoms with Gasteiger partial charge in [-0.15, -0.1) is 0 Å². The Morgan fingerprint density at radius 1 is 1.08 bits per heavy atom. The SMILES string of the molecule is O=C(COc1cccc([N+](=O)[O-])c1)Nc1ccc([N+](=O)[O-])cc1Br. The van der Waals surface area contributed by atoms with Gasteiger partial charge < -0.3 is 10.1 Å². The van der Waals surface area contributed by atoms with Gasteiger partial charge in [-0.2, -0.15) is 0 Å². The van der Waals surface area contributed by atoms with E-state index >= 15 is 0 Å². The predicted octanol–water partition coefficient (Wildman–Crippen LogP) is 3.28. The lowest BCUT2D eigenvalue weighted by molar-refractivity contribution is -0.385. The van der Waals surface area contributed by atoms with Crippen molar-refractivity contribution >= 4 is 38.9 Å². The first-order chi connectivity index (χ1) is 11.4. The van der Waals surface area contributed by atoms with Gasteiger partial charge in [-0.25, -0.2) is 0 Å². The molecule has 0 saturated heterocycles. The molecule has 0 atom stereocenters. The highest BCUT2D eigenvalue weighted by molar-refractivity contribution is 9.10. The number of ether oxygens (including phenoxy) is 1. The molecule has 2 aromatic carbocycles. The molecule has 24 heavy (non-hydrogen) atoms. The highest BCUT2D eigenvalue weighted by atomic mass is 79.9. The molecule has 0 fully saturated rings. The third-order valence-electron chi connectivity index (χ3n) is 2.84. The van der Waals surface area contributed by atoms with Gasteiger partial charge in [0.1, 0.15) is 5.75 Å². The number of carbonyl (C=O) groups is 1. The number of nitrogens with zero attached hydrogens (tertiary/aromatic N) is 2. The zero-order valence-electron chi connectivity index (χ0n) is 12.0. The fourth-order valence-electron chi connectivity index (χ4n) is 1.74. The first-order valence-electron chi connectivity index (χ1n) is 6.48. The first kappa shape index (κ1) is 17.3. The van der Waals surface area contributed by atoms with E-state index in [1.54, 1.807) is 0 Å². The molecule has 0 saturated carbocycles. The largest absolute Gasteiger partial charge is 0.484 e. The second kappa shape index (κ2) is 7.51. The Hall–Kier alpha value is -3.01. The quantitative estimate of drug-likeness (QED) is 0.590. The maximum absolute atomic E-state index is 11.9. The summed E-state index contributed by atoms with van der Waals surface area (Å²) in [5.74, 6) is -0.335. The van der Waals surface area contributed by atoms with E-state index in [9.17, 15) is 25.0 Å². The van der Waals surface area contributed by atoms with E-state index in [0.717, 1.165) is 0 Å². The molecule has 0 aliphatic rings. The number of carbonyl (C=O) groups excluding carboxylic acids is 1. The minimum absolute atomic E-state index is 0.118. The van der Waals surface area contributed by atoms with Crippen LogP contribution < -0.4 is 10.1 Å². The van der Waals surface area contributed by atoms with E-state index < -0.39 is 15.8 Å². The molecule has 0 aliphatic carbocycles. The number of rotatable bonds is 6. The van der Waals surface area contributed by atoms with Crippen LogP contribution in [0.5, 0.6) is 5.75 Å². The Morgan fingerprint density at radius 3 is 2.38 bits per heavy atom. The lowest BCUT2D eigenvalue weighted by Crippen LogP contribution is -2.20. The lowest BCUT2D eigenvalue weighted by atomic mass is 10.3. The van der Waals surface area contributed by atoms with Gasteiger partial charge in [-0.05, 0) is 28.1 Å². The smallest absolute Gasteiger partial charge is 0.273 e. The van der Waals surface area contributed by atoms with Crippen molar-refractivity contribution in [3.63, 3.8) is 0 Å². The highest BCUT2D eigenvalue weighted by Gasteiger charge is 2.12. The Kier molecular flexibility index (Phi) is 5.42. The summed E-state index contributed by atoms with van der Waals surface area (Å²) in [6.07, 6.45) is 0. The van der Waals surface area contributed by atoms with Crippen LogP contribution in [0.4, 0.5) is 17.1 Å². The molecular formula is C14H10BrN3O6. The molecule has 0 aromatic heterocycles. The normalized spacial score (nSPS) is 10.0. The molecule has 0 radical (unpaired) electrons. The highest BCUT2D eigenvalue weighted by Crippen LogP contribution is 2.27. The Bertz CT molecular complexity index is 811. The van der Waals surface area contributed by atoms with Crippen LogP contribution in [0.2, 0.25) is 0 Å². The van der Waals surface area contributed by atoms with Crippen LogP contribution >= 0.6 is 15.9 Å². The maximum Gasteiger partial charge on any atom is 0.273 e. The van der Waals surface area contributed by atoms with Crippen molar-refractivity contribution in [3.8, 4) is 5.75 Å². The molecule has 9 nitrogen and oxygen atoms in total. The molecule has 0 unspecified atom stereocenters. The topological polar surface area (TPSA) is 125 Å². The number of nitrogens with one attached hydrogen (secondary N) is 1. The minimum Gasteiger partial charge on any atom is -0.484 e. The molecule has 0 spiro atoms. The summed E-state index contributed by atoms with van der Waals surface area (Å²) in [6.45, 7) is -0.370. The van der Waals surface area contributed by atoms with Gasteiger partial charge in [0.15, 0.2) is 6.61 Å². The van der Waals surface area contributed by atoms with Crippen molar-refractivity contribution in [2.24, 2.45) is 0 Å². The number of halogens is 1. The second-order valence-corrected chi connectivity index (χ2v) is 5.37. The standard InChI is InChI=1S/C14H10BrN3O6/c15-12-7-10(18(22)23)4-5-13(12)16-14(19)8-24-11-3-1-2-9(6-11)17(20)21/h1-7H,8H2,(H,16,19). The van der Waals surface area contributed by atoms with Crippen molar-refractivity contribution in [2.45, 2.75) is 0 Å². The fourth-order valence-corrected chi connectivity index (χ4v) is 2.21. The van der Waals surface area contributed by atoms with Crippen molar-refractivity contribution in [2.75, 3.05) is 11.9 Å². The Morgan fingerprint density at radius 2 is 1.75 bits per heavy atom. The van der Waals surface area contributed by atoms with Crippen LogP contribution in [-0.4, -0.2) is 22.4 Å². The third kappa shape index (κ3) is 4.49. The average molecular weight is 396 g/mol. The fraction of sp³-hybridized carbons (Fsp3) is 0.0714. The maximum atomic E-state index is 11.9. The van der Waals surface area contributed by atoms with Crippen molar-refractivity contribution in [1.82, 2.24) is 0 Å². The zero-order valence-corrected chi connectivity index (χ0v) is 13.6. The van der Waals surface area contributed by atoms with E-state index in [2.05, 4.69) is 21.2 Å². The molecule has 2 rings (SSSR count). The molecule has 10 heteroatoms. The first-order valence-corrected chi connectivity index (χ1v) is 7.27.